The zero-order valence-corrected chi connectivity index (χ0v) is 9.75. The molecule has 3 rings (SSSR count). The number of hydrogen-bond acceptors (Lipinski definition) is 2. The van der Waals surface area contributed by atoms with Crippen molar-refractivity contribution in [2.75, 3.05) is 19.6 Å². The van der Waals surface area contributed by atoms with E-state index in [0.717, 1.165) is 18.0 Å². The Hall–Kier alpha value is -0.0800. The zero-order valence-electron chi connectivity index (χ0n) is 9.75. The quantitative estimate of drug-likeness (QED) is 0.709. The van der Waals surface area contributed by atoms with Gasteiger partial charge < -0.3 is 5.32 Å². The first-order valence-electron chi connectivity index (χ1n) is 6.91. The summed E-state index contributed by atoms with van der Waals surface area (Å²) in [5.74, 6) is 1.06. The van der Waals surface area contributed by atoms with Gasteiger partial charge in [-0.25, -0.2) is 0 Å². The largest absolute Gasteiger partial charge is 0.315 e. The van der Waals surface area contributed by atoms with Gasteiger partial charge >= 0.3 is 0 Å². The van der Waals surface area contributed by atoms with Crippen molar-refractivity contribution in [2.24, 2.45) is 5.92 Å². The van der Waals surface area contributed by atoms with Crippen LogP contribution in [0.4, 0.5) is 0 Å². The van der Waals surface area contributed by atoms with Crippen LogP contribution in [0.3, 0.4) is 0 Å². The molecule has 2 nitrogen and oxygen atoms in total. The van der Waals surface area contributed by atoms with Crippen LogP contribution in [-0.4, -0.2) is 36.6 Å². The minimum atomic E-state index is 0.867. The van der Waals surface area contributed by atoms with Gasteiger partial charge in [-0.2, -0.15) is 0 Å². The van der Waals surface area contributed by atoms with Crippen LogP contribution in [0.25, 0.3) is 0 Å². The third-order valence-corrected chi connectivity index (χ3v) is 4.79. The fourth-order valence-corrected chi connectivity index (χ4v) is 4.01. The van der Waals surface area contributed by atoms with E-state index in [9.17, 15) is 0 Å². The Labute approximate surface area is 93.4 Å². The molecule has 1 aliphatic carbocycles. The standard InChI is InChI=1S/C13H24N2/c1-2-6-13-11(4-1)7-9-15(13)12-5-3-8-14-10-12/h11-14H,1-10H2. The van der Waals surface area contributed by atoms with Gasteiger partial charge in [0.15, 0.2) is 0 Å². The highest BCUT2D eigenvalue weighted by atomic mass is 15.2. The van der Waals surface area contributed by atoms with E-state index in [2.05, 4.69) is 10.2 Å². The van der Waals surface area contributed by atoms with Crippen molar-refractivity contribution in [1.29, 1.82) is 0 Å². The Balaban J connectivity index is 1.65. The van der Waals surface area contributed by atoms with Crippen molar-refractivity contribution in [1.82, 2.24) is 10.2 Å². The van der Waals surface area contributed by atoms with E-state index in [0.29, 0.717) is 0 Å². The molecule has 0 aromatic rings. The molecule has 2 heteroatoms. The summed E-state index contributed by atoms with van der Waals surface area (Å²) in [6, 6.07) is 1.83. The first-order valence-corrected chi connectivity index (χ1v) is 6.91. The first-order chi connectivity index (χ1) is 7.45. The molecule has 0 aromatic heterocycles. The van der Waals surface area contributed by atoms with E-state index in [1.165, 1.54) is 64.6 Å². The Morgan fingerprint density at radius 1 is 0.933 bits per heavy atom. The second-order valence-corrected chi connectivity index (χ2v) is 5.64. The lowest BCUT2D eigenvalue weighted by atomic mass is 9.84. The highest BCUT2D eigenvalue weighted by molar-refractivity contribution is 4.94. The van der Waals surface area contributed by atoms with Crippen LogP contribution < -0.4 is 5.32 Å². The first kappa shape index (κ1) is 10.1. The smallest absolute Gasteiger partial charge is 0.0224 e. The van der Waals surface area contributed by atoms with Crippen LogP contribution in [0.2, 0.25) is 0 Å². The van der Waals surface area contributed by atoms with Gasteiger partial charge in [-0.05, 0) is 51.1 Å². The predicted molar refractivity (Wildman–Crippen MR) is 63.0 cm³/mol. The molecule has 1 N–H and O–H groups in total. The summed E-state index contributed by atoms with van der Waals surface area (Å²) in [5, 5.41) is 3.57. The van der Waals surface area contributed by atoms with E-state index < -0.39 is 0 Å². The molecule has 3 aliphatic rings. The molecule has 3 unspecified atom stereocenters. The number of hydrogen-bond donors (Lipinski definition) is 1. The monoisotopic (exact) mass is 208 g/mol. The second-order valence-electron chi connectivity index (χ2n) is 5.64. The van der Waals surface area contributed by atoms with Crippen LogP contribution in [0.15, 0.2) is 0 Å². The predicted octanol–water partition coefficient (Wildman–Crippen LogP) is 2.00. The molecule has 3 fully saturated rings. The van der Waals surface area contributed by atoms with Crippen molar-refractivity contribution in [3.63, 3.8) is 0 Å². The van der Waals surface area contributed by atoms with Gasteiger partial charge in [0.2, 0.25) is 0 Å². The molecular weight excluding hydrogens is 184 g/mol. The molecule has 0 spiro atoms. The molecule has 1 saturated carbocycles. The second kappa shape index (κ2) is 4.42. The lowest BCUT2D eigenvalue weighted by molar-refractivity contribution is 0.114. The molecule has 2 heterocycles. The summed E-state index contributed by atoms with van der Waals surface area (Å²) in [6.45, 7) is 3.89. The minimum absolute atomic E-state index is 0.867. The molecule has 86 valence electrons. The fourth-order valence-electron chi connectivity index (χ4n) is 4.01. The van der Waals surface area contributed by atoms with E-state index >= 15 is 0 Å². The SMILES string of the molecule is C1CCC2C(C1)CCN2C1CCCNC1. The van der Waals surface area contributed by atoms with Crippen LogP contribution in [-0.2, 0) is 0 Å². The molecule has 2 saturated heterocycles. The van der Waals surface area contributed by atoms with Crippen LogP contribution >= 0.6 is 0 Å². The molecule has 15 heavy (non-hydrogen) atoms. The highest BCUT2D eigenvalue weighted by Gasteiger charge is 2.38. The molecule has 0 bridgehead atoms. The van der Waals surface area contributed by atoms with Gasteiger partial charge in [0, 0.05) is 18.6 Å². The number of piperidine rings is 1. The minimum Gasteiger partial charge on any atom is -0.315 e. The summed E-state index contributed by atoms with van der Waals surface area (Å²) in [7, 11) is 0. The summed E-state index contributed by atoms with van der Waals surface area (Å²) in [6.07, 6.45) is 10.3. The van der Waals surface area contributed by atoms with Crippen LogP contribution in [0, 0.1) is 5.92 Å². The Morgan fingerprint density at radius 3 is 2.73 bits per heavy atom. The number of likely N-dealkylation sites (tertiary alicyclic amines) is 1. The number of rotatable bonds is 1. The normalized spacial score (nSPS) is 42.8. The molecular formula is C13H24N2. The average molecular weight is 208 g/mol. The maximum atomic E-state index is 3.57. The number of fused-ring (bicyclic) bond motifs is 1. The average Bonchev–Trinajstić information content (AvgIpc) is 2.74. The van der Waals surface area contributed by atoms with Crippen molar-refractivity contribution >= 4 is 0 Å². The fraction of sp³-hybridized carbons (Fsp3) is 1.00. The van der Waals surface area contributed by atoms with Gasteiger partial charge in [0.25, 0.3) is 0 Å². The molecule has 3 atom stereocenters. The zero-order chi connectivity index (χ0) is 10.1. The highest BCUT2D eigenvalue weighted by Crippen LogP contribution is 2.37. The van der Waals surface area contributed by atoms with Crippen LogP contribution in [0.5, 0.6) is 0 Å². The van der Waals surface area contributed by atoms with Crippen molar-refractivity contribution < 1.29 is 0 Å². The molecule has 0 aromatic carbocycles. The topological polar surface area (TPSA) is 15.3 Å². The van der Waals surface area contributed by atoms with Gasteiger partial charge in [-0.1, -0.05) is 12.8 Å². The van der Waals surface area contributed by atoms with Gasteiger partial charge in [-0.15, -0.1) is 0 Å². The Kier molecular flexibility index (Phi) is 2.98. The van der Waals surface area contributed by atoms with E-state index in [4.69, 9.17) is 0 Å². The van der Waals surface area contributed by atoms with Crippen LogP contribution in [0.1, 0.15) is 44.9 Å². The lowest BCUT2D eigenvalue weighted by Gasteiger charge is -2.39. The third-order valence-electron chi connectivity index (χ3n) is 4.79. The number of nitrogens with zero attached hydrogens (tertiary/aromatic N) is 1. The lowest BCUT2D eigenvalue weighted by Crippen LogP contribution is -2.49. The summed E-state index contributed by atoms with van der Waals surface area (Å²) >= 11 is 0. The van der Waals surface area contributed by atoms with E-state index in [1.807, 2.05) is 0 Å². The van der Waals surface area contributed by atoms with Gasteiger partial charge in [0.05, 0.1) is 0 Å². The third kappa shape index (κ3) is 1.94. The van der Waals surface area contributed by atoms with Crippen molar-refractivity contribution in [3.05, 3.63) is 0 Å². The van der Waals surface area contributed by atoms with E-state index in [1.54, 1.807) is 0 Å². The van der Waals surface area contributed by atoms with Gasteiger partial charge in [-0.3, -0.25) is 4.90 Å². The maximum absolute atomic E-state index is 3.57. The van der Waals surface area contributed by atoms with E-state index in [-0.39, 0.29) is 0 Å². The summed E-state index contributed by atoms with van der Waals surface area (Å²) < 4.78 is 0. The molecule has 0 radical (unpaired) electrons. The Bertz CT molecular complexity index is 211. The summed E-state index contributed by atoms with van der Waals surface area (Å²) in [4.78, 5) is 2.86. The summed E-state index contributed by atoms with van der Waals surface area (Å²) in [5.41, 5.74) is 0. The number of nitrogens with one attached hydrogen (secondary N) is 1. The molecule has 2 aliphatic heterocycles. The van der Waals surface area contributed by atoms with Crippen molar-refractivity contribution in [3.8, 4) is 0 Å². The Morgan fingerprint density at radius 2 is 1.87 bits per heavy atom. The van der Waals surface area contributed by atoms with Gasteiger partial charge in [0.1, 0.15) is 0 Å². The molecule has 0 amide bonds. The van der Waals surface area contributed by atoms with Crippen molar-refractivity contribution in [2.45, 2.75) is 57.0 Å². The maximum Gasteiger partial charge on any atom is 0.0224 e.